The lowest BCUT2D eigenvalue weighted by Crippen LogP contribution is -2.34. The van der Waals surface area contributed by atoms with Gasteiger partial charge in [0.1, 0.15) is 0 Å². The first kappa shape index (κ1) is 12.7. The summed E-state index contributed by atoms with van der Waals surface area (Å²) in [5.74, 6) is 0.499. The molecule has 15 heavy (non-hydrogen) atoms. The van der Waals surface area contributed by atoms with Crippen LogP contribution in [0.5, 0.6) is 0 Å². The molecule has 2 heteroatoms. The molecule has 88 valence electrons. The number of piperidine rings is 1. The van der Waals surface area contributed by atoms with Crippen LogP contribution in [-0.2, 0) is 0 Å². The Kier molecular flexibility index (Phi) is 5.92. The largest absolute Gasteiger partial charge is 0.314 e. The second kappa shape index (κ2) is 7.00. The topological polar surface area (TPSA) is 35.9 Å². The average Bonchev–Trinajstić information content (AvgIpc) is 2.27. The second-order valence-electron chi connectivity index (χ2n) is 4.90. The number of rotatable bonds is 6. The molecule has 0 aromatic carbocycles. The van der Waals surface area contributed by atoms with Gasteiger partial charge in [-0.25, -0.2) is 0 Å². The zero-order valence-corrected chi connectivity index (χ0v) is 10.3. The van der Waals surface area contributed by atoms with Crippen molar-refractivity contribution in [2.75, 3.05) is 6.54 Å². The molecule has 2 nitrogen and oxygen atoms in total. The summed E-state index contributed by atoms with van der Waals surface area (Å²) in [6.45, 7) is 5.58. The van der Waals surface area contributed by atoms with Crippen molar-refractivity contribution >= 4 is 5.71 Å². The lowest BCUT2D eigenvalue weighted by atomic mass is 9.93. The molecule has 1 heterocycles. The van der Waals surface area contributed by atoms with E-state index in [1.165, 1.54) is 45.1 Å². The van der Waals surface area contributed by atoms with E-state index >= 15 is 0 Å². The Labute approximate surface area is 94.3 Å². The van der Waals surface area contributed by atoms with Gasteiger partial charge in [-0.1, -0.05) is 26.7 Å². The van der Waals surface area contributed by atoms with Crippen LogP contribution in [0.25, 0.3) is 0 Å². The van der Waals surface area contributed by atoms with Gasteiger partial charge in [0, 0.05) is 11.8 Å². The zero-order valence-electron chi connectivity index (χ0n) is 10.3. The lowest BCUT2D eigenvalue weighted by molar-refractivity contribution is 0.385. The number of hydrogen-bond donors (Lipinski definition) is 2. The quantitative estimate of drug-likeness (QED) is 0.648. The van der Waals surface area contributed by atoms with Gasteiger partial charge in [-0.2, -0.15) is 0 Å². The van der Waals surface area contributed by atoms with Crippen molar-refractivity contribution in [3.8, 4) is 0 Å². The van der Waals surface area contributed by atoms with Gasteiger partial charge in [-0.15, -0.1) is 0 Å². The fourth-order valence-corrected chi connectivity index (χ4v) is 2.35. The van der Waals surface area contributed by atoms with Crippen molar-refractivity contribution in [3.05, 3.63) is 0 Å². The molecule has 0 spiro atoms. The lowest BCUT2D eigenvalue weighted by Gasteiger charge is -2.24. The normalized spacial score (nSPS) is 23.7. The van der Waals surface area contributed by atoms with Crippen LogP contribution in [0.1, 0.15) is 58.8 Å². The molecule has 1 aliphatic heterocycles. The van der Waals surface area contributed by atoms with Gasteiger partial charge in [0.2, 0.25) is 0 Å². The first-order valence-electron chi connectivity index (χ1n) is 6.54. The van der Waals surface area contributed by atoms with Crippen molar-refractivity contribution in [2.24, 2.45) is 5.92 Å². The summed E-state index contributed by atoms with van der Waals surface area (Å²) in [4.78, 5) is 0. The van der Waals surface area contributed by atoms with Gasteiger partial charge in [-0.3, -0.25) is 0 Å². The summed E-state index contributed by atoms with van der Waals surface area (Å²) >= 11 is 0. The molecule has 0 radical (unpaired) electrons. The third kappa shape index (κ3) is 4.78. The van der Waals surface area contributed by atoms with E-state index in [0.717, 1.165) is 12.1 Å². The molecular weight excluding hydrogens is 184 g/mol. The van der Waals surface area contributed by atoms with Crippen molar-refractivity contribution in [2.45, 2.75) is 64.8 Å². The van der Waals surface area contributed by atoms with E-state index in [1.807, 2.05) is 0 Å². The molecule has 0 aliphatic carbocycles. The van der Waals surface area contributed by atoms with Crippen molar-refractivity contribution < 1.29 is 0 Å². The van der Waals surface area contributed by atoms with Crippen molar-refractivity contribution in [1.29, 1.82) is 5.41 Å². The Balaban J connectivity index is 2.14. The van der Waals surface area contributed by atoms with Crippen LogP contribution in [0.15, 0.2) is 0 Å². The monoisotopic (exact) mass is 210 g/mol. The molecular formula is C13H26N2. The summed E-state index contributed by atoms with van der Waals surface area (Å²) in [5, 5.41) is 11.5. The van der Waals surface area contributed by atoms with Gasteiger partial charge in [-0.05, 0) is 44.6 Å². The Hall–Kier alpha value is -0.370. The van der Waals surface area contributed by atoms with Gasteiger partial charge in [0.05, 0.1) is 0 Å². The van der Waals surface area contributed by atoms with E-state index in [0.29, 0.717) is 12.0 Å². The van der Waals surface area contributed by atoms with Crippen LogP contribution in [-0.4, -0.2) is 18.3 Å². The molecule has 0 aromatic heterocycles. The first-order valence-corrected chi connectivity index (χ1v) is 6.54. The molecule has 0 amide bonds. The molecule has 2 atom stereocenters. The van der Waals surface area contributed by atoms with Crippen molar-refractivity contribution in [3.63, 3.8) is 0 Å². The van der Waals surface area contributed by atoms with Crippen LogP contribution >= 0.6 is 0 Å². The Morgan fingerprint density at radius 1 is 1.47 bits per heavy atom. The standard InChI is InChI=1S/C13H26N2/c1-3-6-11(2)13(14)9-8-12-7-4-5-10-15-12/h11-12,14-15H,3-10H2,1-2H3. The molecule has 1 fully saturated rings. The predicted octanol–water partition coefficient (Wildman–Crippen LogP) is 3.36. The van der Waals surface area contributed by atoms with E-state index in [1.54, 1.807) is 0 Å². The molecule has 0 saturated carbocycles. The Morgan fingerprint density at radius 2 is 2.27 bits per heavy atom. The maximum Gasteiger partial charge on any atom is 0.0118 e. The van der Waals surface area contributed by atoms with E-state index in [4.69, 9.17) is 5.41 Å². The summed E-state index contributed by atoms with van der Waals surface area (Å²) in [6, 6.07) is 0.688. The highest BCUT2D eigenvalue weighted by Gasteiger charge is 2.14. The van der Waals surface area contributed by atoms with E-state index < -0.39 is 0 Å². The van der Waals surface area contributed by atoms with Crippen LogP contribution in [0, 0.1) is 11.3 Å². The van der Waals surface area contributed by atoms with Gasteiger partial charge < -0.3 is 10.7 Å². The summed E-state index contributed by atoms with van der Waals surface area (Å²) in [5.41, 5.74) is 0.962. The maximum atomic E-state index is 7.99. The minimum Gasteiger partial charge on any atom is -0.314 e. The minimum atomic E-state index is 0.499. The fourth-order valence-electron chi connectivity index (χ4n) is 2.35. The highest BCUT2D eigenvalue weighted by molar-refractivity contribution is 5.83. The Morgan fingerprint density at radius 3 is 2.87 bits per heavy atom. The predicted molar refractivity (Wildman–Crippen MR) is 66.7 cm³/mol. The zero-order chi connectivity index (χ0) is 11.1. The maximum absolute atomic E-state index is 7.99. The SMILES string of the molecule is CCCC(C)C(=N)CCC1CCCCN1. The summed E-state index contributed by atoms with van der Waals surface area (Å²) in [6.07, 6.45) is 8.57. The molecule has 0 aromatic rings. The third-order valence-corrected chi connectivity index (χ3v) is 3.49. The summed E-state index contributed by atoms with van der Waals surface area (Å²) < 4.78 is 0. The highest BCUT2D eigenvalue weighted by Crippen LogP contribution is 2.15. The van der Waals surface area contributed by atoms with E-state index in [2.05, 4.69) is 19.2 Å². The Bertz CT molecular complexity index is 183. The molecule has 2 unspecified atom stereocenters. The average molecular weight is 210 g/mol. The summed E-state index contributed by atoms with van der Waals surface area (Å²) in [7, 11) is 0. The molecule has 1 saturated heterocycles. The van der Waals surface area contributed by atoms with Gasteiger partial charge >= 0.3 is 0 Å². The fraction of sp³-hybridized carbons (Fsp3) is 0.923. The second-order valence-corrected chi connectivity index (χ2v) is 4.90. The minimum absolute atomic E-state index is 0.499. The van der Waals surface area contributed by atoms with Crippen LogP contribution < -0.4 is 5.32 Å². The van der Waals surface area contributed by atoms with E-state index in [-0.39, 0.29) is 0 Å². The number of hydrogen-bond acceptors (Lipinski definition) is 2. The van der Waals surface area contributed by atoms with Crippen LogP contribution in [0.4, 0.5) is 0 Å². The molecule has 1 aliphatic rings. The molecule has 1 rings (SSSR count). The molecule has 0 bridgehead atoms. The highest BCUT2D eigenvalue weighted by atomic mass is 14.9. The van der Waals surface area contributed by atoms with Crippen molar-refractivity contribution in [1.82, 2.24) is 5.32 Å². The van der Waals surface area contributed by atoms with Gasteiger partial charge in [0.15, 0.2) is 0 Å². The molecule has 2 N–H and O–H groups in total. The van der Waals surface area contributed by atoms with Gasteiger partial charge in [0.25, 0.3) is 0 Å². The van der Waals surface area contributed by atoms with E-state index in [9.17, 15) is 0 Å². The number of nitrogens with one attached hydrogen (secondary N) is 2. The van der Waals surface area contributed by atoms with Crippen LogP contribution in [0.3, 0.4) is 0 Å². The first-order chi connectivity index (χ1) is 7.24. The third-order valence-electron chi connectivity index (χ3n) is 3.49. The van der Waals surface area contributed by atoms with Crippen LogP contribution in [0.2, 0.25) is 0 Å². The smallest absolute Gasteiger partial charge is 0.0118 e.